The van der Waals surface area contributed by atoms with E-state index in [1.54, 1.807) is 12.1 Å². The van der Waals surface area contributed by atoms with Crippen LogP contribution in [0.5, 0.6) is 5.75 Å². The van der Waals surface area contributed by atoms with Crippen LogP contribution in [0.4, 0.5) is 13.2 Å². The lowest BCUT2D eigenvalue weighted by atomic mass is 10.0. The molecule has 1 aromatic carbocycles. The van der Waals surface area contributed by atoms with E-state index in [0.29, 0.717) is 35.4 Å². The average Bonchev–Trinajstić information content (AvgIpc) is 2.37. The van der Waals surface area contributed by atoms with E-state index in [1.165, 1.54) is 0 Å². The Labute approximate surface area is 130 Å². The number of rotatable bonds is 5. The number of fused-ring (bicyclic) bond motifs is 1. The fourth-order valence-electron chi connectivity index (χ4n) is 2.13. The van der Waals surface area contributed by atoms with E-state index in [1.807, 2.05) is 0 Å². The number of alkyl halides is 3. The highest BCUT2D eigenvalue weighted by atomic mass is 35.5. The van der Waals surface area contributed by atoms with Crippen LogP contribution in [0.3, 0.4) is 0 Å². The highest BCUT2D eigenvalue weighted by molar-refractivity contribution is 6.35. The Morgan fingerprint density at radius 3 is 2.81 bits per heavy atom. The summed E-state index contributed by atoms with van der Waals surface area (Å²) in [5.41, 5.74) is 0.814. The van der Waals surface area contributed by atoms with Gasteiger partial charge in [-0.2, -0.15) is 13.2 Å². The molecule has 1 unspecified atom stereocenters. The summed E-state index contributed by atoms with van der Waals surface area (Å²) in [6.07, 6.45) is -3.62. The van der Waals surface area contributed by atoms with Crippen LogP contribution >= 0.6 is 23.2 Å². The molecule has 1 aliphatic heterocycles. The number of nitrogens with one attached hydrogen (secondary N) is 1. The molecule has 1 atom stereocenters. The molecule has 0 fully saturated rings. The van der Waals surface area contributed by atoms with Crippen LogP contribution in [0.2, 0.25) is 10.0 Å². The summed E-state index contributed by atoms with van der Waals surface area (Å²) in [6.45, 7) is -0.489. The molecule has 1 heterocycles. The van der Waals surface area contributed by atoms with Crippen LogP contribution in [-0.2, 0) is 4.74 Å². The Balaban J connectivity index is 1.89. The average molecular weight is 344 g/mol. The number of hydrogen-bond donors (Lipinski definition) is 1. The first kappa shape index (κ1) is 16.7. The second-order valence-electron chi connectivity index (χ2n) is 4.62. The van der Waals surface area contributed by atoms with Crippen molar-refractivity contribution >= 4 is 23.2 Å². The molecule has 0 saturated heterocycles. The van der Waals surface area contributed by atoms with Crippen LogP contribution in [0.1, 0.15) is 18.0 Å². The molecule has 1 aliphatic rings. The predicted octanol–water partition coefficient (Wildman–Crippen LogP) is 3.99. The Hall–Kier alpha value is -0.690. The molecule has 8 heteroatoms. The molecule has 3 nitrogen and oxygen atoms in total. The second-order valence-corrected chi connectivity index (χ2v) is 5.46. The molecule has 2 rings (SSSR count). The Kier molecular flexibility index (Phi) is 5.60. The van der Waals surface area contributed by atoms with Crippen molar-refractivity contribution in [3.05, 3.63) is 27.7 Å². The van der Waals surface area contributed by atoms with Crippen molar-refractivity contribution in [2.45, 2.75) is 18.6 Å². The fraction of sp³-hybridized carbons (Fsp3) is 0.538. The summed E-state index contributed by atoms with van der Waals surface area (Å²) in [7, 11) is 0. The van der Waals surface area contributed by atoms with Crippen LogP contribution in [0, 0.1) is 0 Å². The molecule has 0 aromatic heterocycles. The van der Waals surface area contributed by atoms with Crippen LogP contribution in [-0.4, -0.2) is 32.5 Å². The number of hydrogen-bond acceptors (Lipinski definition) is 3. The molecule has 0 radical (unpaired) electrons. The van der Waals surface area contributed by atoms with Gasteiger partial charge in [-0.05, 0) is 12.1 Å². The molecule has 0 saturated carbocycles. The van der Waals surface area contributed by atoms with Crippen molar-refractivity contribution in [1.82, 2.24) is 5.32 Å². The Morgan fingerprint density at radius 2 is 2.10 bits per heavy atom. The zero-order valence-electron chi connectivity index (χ0n) is 11.0. The molecule has 21 heavy (non-hydrogen) atoms. The van der Waals surface area contributed by atoms with E-state index >= 15 is 0 Å². The maximum Gasteiger partial charge on any atom is 0.411 e. The van der Waals surface area contributed by atoms with Gasteiger partial charge in [-0.25, -0.2) is 0 Å². The van der Waals surface area contributed by atoms with Crippen LogP contribution in [0.25, 0.3) is 0 Å². The topological polar surface area (TPSA) is 30.5 Å². The van der Waals surface area contributed by atoms with Crippen molar-refractivity contribution in [2.24, 2.45) is 0 Å². The summed E-state index contributed by atoms with van der Waals surface area (Å²) >= 11 is 12.0. The van der Waals surface area contributed by atoms with E-state index < -0.39 is 12.8 Å². The lowest BCUT2D eigenvalue weighted by Gasteiger charge is -2.27. The smallest absolute Gasteiger partial charge is 0.411 e. The van der Waals surface area contributed by atoms with Gasteiger partial charge in [0.05, 0.1) is 18.2 Å². The van der Waals surface area contributed by atoms with Gasteiger partial charge in [0.1, 0.15) is 12.4 Å². The first-order chi connectivity index (χ1) is 9.87. The highest BCUT2D eigenvalue weighted by Crippen LogP contribution is 2.39. The minimum absolute atomic E-state index is 0.0273. The third kappa shape index (κ3) is 4.92. The zero-order chi connectivity index (χ0) is 15.5. The van der Waals surface area contributed by atoms with Gasteiger partial charge >= 0.3 is 6.18 Å². The van der Waals surface area contributed by atoms with E-state index in [9.17, 15) is 13.2 Å². The van der Waals surface area contributed by atoms with Gasteiger partial charge in [-0.15, -0.1) is 0 Å². The number of halogens is 5. The van der Waals surface area contributed by atoms with E-state index in [0.717, 1.165) is 5.56 Å². The van der Waals surface area contributed by atoms with E-state index in [2.05, 4.69) is 10.1 Å². The van der Waals surface area contributed by atoms with Crippen molar-refractivity contribution in [3.63, 3.8) is 0 Å². The van der Waals surface area contributed by atoms with Gasteiger partial charge in [0.25, 0.3) is 0 Å². The van der Waals surface area contributed by atoms with Gasteiger partial charge in [0, 0.05) is 29.6 Å². The first-order valence-corrected chi connectivity index (χ1v) is 7.12. The molecule has 1 N–H and O–H groups in total. The molecule has 118 valence electrons. The molecule has 0 bridgehead atoms. The van der Waals surface area contributed by atoms with Crippen molar-refractivity contribution in [2.75, 3.05) is 26.4 Å². The Morgan fingerprint density at radius 1 is 1.33 bits per heavy atom. The predicted molar refractivity (Wildman–Crippen MR) is 74.2 cm³/mol. The minimum Gasteiger partial charge on any atom is -0.492 e. The summed E-state index contributed by atoms with van der Waals surface area (Å²) in [6, 6.07) is 3.27. The third-order valence-electron chi connectivity index (χ3n) is 2.97. The standard InChI is InChI=1S/C13H14Cl2F3NO2/c14-8-5-9-11(1-3-21-12(9)10(15)6-8)19-2-4-20-7-13(16,17)18/h5-6,11,19H,1-4,7H2. The molecular formula is C13H14Cl2F3NO2. The van der Waals surface area contributed by atoms with E-state index in [4.69, 9.17) is 27.9 Å². The van der Waals surface area contributed by atoms with Gasteiger partial charge < -0.3 is 14.8 Å². The highest BCUT2D eigenvalue weighted by Gasteiger charge is 2.27. The largest absolute Gasteiger partial charge is 0.492 e. The van der Waals surface area contributed by atoms with Crippen molar-refractivity contribution < 1.29 is 22.6 Å². The molecular weight excluding hydrogens is 330 g/mol. The molecule has 0 amide bonds. The third-order valence-corrected chi connectivity index (χ3v) is 3.47. The van der Waals surface area contributed by atoms with Crippen LogP contribution < -0.4 is 10.1 Å². The van der Waals surface area contributed by atoms with Gasteiger partial charge in [-0.3, -0.25) is 0 Å². The van der Waals surface area contributed by atoms with Crippen molar-refractivity contribution in [1.29, 1.82) is 0 Å². The summed E-state index contributed by atoms with van der Waals surface area (Å²) in [5.74, 6) is 0.570. The molecule has 0 aliphatic carbocycles. The summed E-state index contributed by atoms with van der Waals surface area (Å²) < 4.78 is 45.9. The fourth-order valence-corrected chi connectivity index (χ4v) is 2.69. The maximum absolute atomic E-state index is 11.9. The summed E-state index contributed by atoms with van der Waals surface area (Å²) in [4.78, 5) is 0. The summed E-state index contributed by atoms with van der Waals surface area (Å²) in [5, 5.41) is 4.05. The lowest BCUT2D eigenvalue weighted by molar-refractivity contribution is -0.173. The molecule has 0 spiro atoms. The normalized spacial score (nSPS) is 18.2. The van der Waals surface area contributed by atoms with Gasteiger partial charge in [0.15, 0.2) is 0 Å². The quantitative estimate of drug-likeness (QED) is 0.820. The second kappa shape index (κ2) is 7.05. The monoisotopic (exact) mass is 343 g/mol. The number of benzene rings is 1. The minimum atomic E-state index is -4.30. The molecule has 1 aromatic rings. The van der Waals surface area contributed by atoms with Crippen molar-refractivity contribution in [3.8, 4) is 5.75 Å². The zero-order valence-corrected chi connectivity index (χ0v) is 12.5. The van der Waals surface area contributed by atoms with Gasteiger partial charge in [0.2, 0.25) is 0 Å². The van der Waals surface area contributed by atoms with Gasteiger partial charge in [-0.1, -0.05) is 23.2 Å². The van der Waals surface area contributed by atoms with Crippen LogP contribution in [0.15, 0.2) is 12.1 Å². The first-order valence-electron chi connectivity index (χ1n) is 6.36. The SMILES string of the molecule is FC(F)(F)COCCNC1CCOc2c(Cl)cc(Cl)cc21. The number of ether oxygens (including phenoxy) is 2. The lowest BCUT2D eigenvalue weighted by Crippen LogP contribution is -2.30. The van der Waals surface area contributed by atoms with E-state index in [-0.39, 0.29) is 12.6 Å². The Bertz CT molecular complexity index is 497. The maximum atomic E-state index is 11.9.